The molecule has 1 heterocycles. The molecule has 10 aromatic carbocycles. The van der Waals surface area contributed by atoms with Crippen molar-refractivity contribution in [2.24, 2.45) is 0 Å². The summed E-state index contributed by atoms with van der Waals surface area (Å²) in [7, 11) is 3.43. The number of unbranched alkanes of at least 4 members (excludes halogenated alkanes) is 20. The molecule has 6 nitrogen and oxygen atoms in total. The number of nitrogens with zero attached hydrogens (tertiary/aromatic N) is 4. The highest BCUT2D eigenvalue weighted by atomic mass is 32.1. The number of benzene rings is 10. The summed E-state index contributed by atoms with van der Waals surface area (Å²) in [6, 6.07) is 77.1. The maximum absolute atomic E-state index is 5.60. The van der Waals surface area contributed by atoms with Gasteiger partial charge in [-0.25, -0.2) is 0 Å². The second-order valence-electron chi connectivity index (χ2n) is 31.2. The molecule has 0 aliphatic heterocycles. The van der Waals surface area contributed by atoms with Gasteiger partial charge in [-0.05, 0) is 229 Å². The first-order valence-corrected chi connectivity index (χ1v) is 42.1. The van der Waals surface area contributed by atoms with Crippen LogP contribution in [0.3, 0.4) is 0 Å². The van der Waals surface area contributed by atoms with Crippen molar-refractivity contribution in [3.8, 4) is 56.0 Å². The molecule has 0 radical (unpaired) electrons. The van der Waals surface area contributed by atoms with Gasteiger partial charge in [0.2, 0.25) is 0 Å². The van der Waals surface area contributed by atoms with Crippen LogP contribution >= 0.6 is 11.7 Å². The number of hydrogen-bond donors (Lipinski definition) is 0. The first-order valence-electron chi connectivity index (χ1n) is 41.3. The van der Waals surface area contributed by atoms with Gasteiger partial charge in [0.1, 0.15) is 22.5 Å². The number of rotatable bonds is 38. The van der Waals surface area contributed by atoms with Crippen LogP contribution in [0.5, 0.6) is 11.5 Å². The Morgan fingerprint density at radius 2 is 0.570 bits per heavy atom. The van der Waals surface area contributed by atoms with E-state index in [4.69, 9.17) is 13.8 Å². The summed E-state index contributed by atoms with van der Waals surface area (Å²) in [6.07, 6.45) is 36.9. The Morgan fingerprint density at radius 3 is 0.963 bits per heavy atom. The molecular weight excluding hydrogens is 1320 g/mol. The Hall–Kier alpha value is -8.78. The minimum absolute atomic E-state index is 0.0435. The molecular formula is C100H120N4O2S. The topological polar surface area (TPSA) is 50.7 Å². The Labute approximate surface area is 647 Å². The van der Waals surface area contributed by atoms with E-state index >= 15 is 0 Å². The van der Waals surface area contributed by atoms with Gasteiger partial charge in [-0.1, -0.05) is 296 Å². The van der Waals surface area contributed by atoms with Crippen molar-refractivity contribution in [2.45, 2.75) is 246 Å². The highest BCUT2D eigenvalue weighted by Crippen LogP contribution is 2.58. The molecule has 0 N–H and O–H groups in total. The fraction of sp³-hybridized carbons (Fsp3) is 0.400. The third-order valence-corrected chi connectivity index (χ3v) is 24.1. The number of aromatic nitrogens is 2. The molecule has 0 fully saturated rings. The van der Waals surface area contributed by atoms with Crippen molar-refractivity contribution in [3.63, 3.8) is 0 Å². The lowest BCUT2D eigenvalue weighted by Gasteiger charge is -2.33. The fourth-order valence-electron chi connectivity index (χ4n) is 17.5. The van der Waals surface area contributed by atoms with E-state index in [0.717, 1.165) is 56.7 Å². The van der Waals surface area contributed by atoms with Crippen LogP contribution in [0.15, 0.2) is 206 Å². The van der Waals surface area contributed by atoms with Gasteiger partial charge in [0.05, 0.1) is 25.9 Å². The Balaban J connectivity index is 0.000000228. The predicted octanol–water partition coefficient (Wildman–Crippen LogP) is 30.4. The second kappa shape index (κ2) is 37.8. The lowest BCUT2D eigenvalue weighted by Crippen LogP contribution is -2.25. The van der Waals surface area contributed by atoms with E-state index in [1.165, 1.54) is 258 Å². The molecule has 0 saturated heterocycles. The lowest BCUT2D eigenvalue weighted by atomic mass is 9.70. The number of ether oxygens (including phenoxy) is 2. The molecule has 2 aliphatic carbocycles. The Kier molecular flexibility index (Phi) is 27.5. The van der Waals surface area contributed by atoms with Crippen molar-refractivity contribution >= 4 is 56.9 Å². The zero-order chi connectivity index (χ0) is 74.5. The minimum atomic E-state index is 0.0435. The Morgan fingerprint density at radius 1 is 0.280 bits per heavy atom. The first kappa shape index (κ1) is 77.8. The van der Waals surface area contributed by atoms with E-state index in [-0.39, 0.29) is 10.8 Å². The van der Waals surface area contributed by atoms with Crippen molar-refractivity contribution in [1.82, 2.24) is 8.75 Å². The average Bonchev–Trinajstić information content (AvgIpc) is 1.57. The van der Waals surface area contributed by atoms with Crippen LogP contribution in [-0.4, -0.2) is 23.0 Å². The lowest BCUT2D eigenvalue weighted by molar-refractivity contribution is 0.398. The number of hydrogen-bond acceptors (Lipinski definition) is 7. The van der Waals surface area contributed by atoms with Gasteiger partial charge < -0.3 is 19.3 Å². The van der Waals surface area contributed by atoms with Crippen molar-refractivity contribution in [3.05, 3.63) is 251 Å². The maximum atomic E-state index is 5.60. The van der Waals surface area contributed by atoms with Crippen LogP contribution in [0.4, 0.5) is 34.1 Å². The molecule has 0 unspecified atom stereocenters. The first-order chi connectivity index (χ1) is 52.4. The third-order valence-electron chi connectivity index (χ3n) is 23.6. The predicted molar refractivity (Wildman–Crippen MR) is 461 cm³/mol. The molecule has 2 aliphatic rings. The van der Waals surface area contributed by atoms with E-state index in [1.807, 2.05) is 24.3 Å². The molecule has 11 aromatic rings. The van der Waals surface area contributed by atoms with Gasteiger partial charge in [-0.3, -0.25) is 0 Å². The van der Waals surface area contributed by atoms with Crippen LogP contribution in [-0.2, 0) is 10.8 Å². The number of methoxy groups -OCH3 is 2. The van der Waals surface area contributed by atoms with Crippen molar-refractivity contribution < 1.29 is 9.47 Å². The van der Waals surface area contributed by atoms with Crippen LogP contribution in [0.2, 0.25) is 0 Å². The second-order valence-corrected chi connectivity index (χ2v) is 31.7. The summed E-state index contributed by atoms with van der Waals surface area (Å²) in [5.41, 5.74) is 31.0. The van der Waals surface area contributed by atoms with Crippen LogP contribution in [0.25, 0.3) is 55.5 Å². The third kappa shape index (κ3) is 18.2. The Bertz CT molecular complexity index is 4580. The number of anilines is 6. The monoisotopic (exact) mass is 1440 g/mol. The smallest absolute Gasteiger partial charge is 0.119 e. The van der Waals surface area contributed by atoms with Crippen molar-refractivity contribution in [1.29, 1.82) is 0 Å². The van der Waals surface area contributed by atoms with E-state index in [0.29, 0.717) is 0 Å². The minimum Gasteiger partial charge on any atom is -0.497 e. The van der Waals surface area contributed by atoms with Gasteiger partial charge >= 0.3 is 0 Å². The van der Waals surface area contributed by atoms with Gasteiger partial charge in [0.25, 0.3) is 0 Å². The fourth-order valence-corrected chi connectivity index (χ4v) is 18.2. The summed E-state index contributed by atoms with van der Waals surface area (Å²) in [6.45, 7) is 18.1. The van der Waals surface area contributed by atoms with E-state index in [9.17, 15) is 0 Å². The maximum Gasteiger partial charge on any atom is 0.119 e. The zero-order valence-electron chi connectivity index (χ0n) is 66.4. The van der Waals surface area contributed by atoms with Crippen LogP contribution < -0.4 is 19.3 Å². The molecule has 7 heteroatoms. The summed E-state index contributed by atoms with van der Waals surface area (Å²) in [5.74, 6) is 1.67. The molecule has 0 bridgehead atoms. The summed E-state index contributed by atoms with van der Waals surface area (Å²) >= 11 is 1.33. The van der Waals surface area contributed by atoms with Gasteiger partial charge in [0.15, 0.2) is 0 Å². The number of fused-ring (bicyclic) bond motifs is 7. The number of aryl methyl sites for hydroxylation is 4. The van der Waals surface area contributed by atoms with Crippen molar-refractivity contribution in [2.75, 3.05) is 24.0 Å². The molecule has 0 amide bonds. The quantitative estimate of drug-likeness (QED) is 0.0360. The molecule has 558 valence electrons. The molecule has 0 spiro atoms. The molecule has 1 aromatic heterocycles. The molecule has 107 heavy (non-hydrogen) atoms. The van der Waals surface area contributed by atoms with Crippen LogP contribution in [0.1, 0.15) is 252 Å². The van der Waals surface area contributed by atoms with Gasteiger partial charge in [-0.15, -0.1) is 0 Å². The zero-order valence-corrected chi connectivity index (χ0v) is 67.3. The highest BCUT2D eigenvalue weighted by Gasteiger charge is 2.44. The van der Waals surface area contributed by atoms with E-state index in [1.54, 1.807) is 36.5 Å². The molecule has 0 atom stereocenters. The normalized spacial score (nSPS) is 12.8. The summed E-state index contributed by atoms with van der Waals surface area (Å²) in [4.78, 5) is 4.63. The highest BCUT2D eigenvalue weighted by molar-refractivity contribution is 7.00. The SMILES string of the molecule is CCCCCCCCC1(CCCCCCCC)c2cc(C)ccc2-c2ccc(-c3ccc(C)c4nsnc34)cc21.CCCCCCCCC1(CCCCCCCC)c2cc(C)ccc2-c2ccc(-c3ccc(N(c4ccc(OC)cc4)c4ccc(N(c5ccc(C)cc5)c5ccc(OC)cc5)cc4)cc3)cc21. The summed E-state index contributed by atoms with van der Waals surface area (Å²) < 4.78 is 20.5. The van der Waals surface area contributed by atoms with Gasteiger partial charge in [0, 0.05) is 50.5 Å². The molecule has 0 saturated carbocycles. The summed E-state index contributed by atoms with van der Waals surface area (Å²) in [5, 5.41) is 0. The largest absolute Gasteiger partial charge is 0.497 e. The standard InChI is InChI=1S/C63H72N2O2.C37H48N2S/c1-7-9-11-13-15-17-43-63(44-18-16-14-12-10-8-2)61-45-48(4)21-41-59(61)60-42-24-50(46-62(60)63)49-22-27-52(28-23-49)65(56-35-39-58(67-6)40-36-56)54-31-29-53(30-32-54)64(51-25-19-47(3)20-26-51)55-33-37-57(66-5)38-34-55;1-5-7-9-11-13-15-23-37(24-16-14-12-10-8-6-2)33-25-27(3)17-20-31(33)32-22-19-29(26-34(32)37)30-21-18-28(4)35-36(30)39-40-38-35/h19-42,45-46H,7-18,43-44H2,1-6H3;17-22,25-26H,5-16,23-24H2,1-4H3. The van der Waals surface area contributed by atoms with Gasteiger partial charge in [-0.2, -0.15) is 8.75 Å². The van der Waals surface area contributed by atoms with E-state index < -0.39 is 0 Å². The molecule has 13 rings (SSSR count). The van der Waals surface area contributed by atoms with E-state index in [2.05, 4.69) is 252 Å². The average molecular weight is 1440 g/mol. The van der Waals surface area contributed by atoms with Crippen LogP contribution in [0, 0.1) is 27.7 Å².